The number of amides is 6. The lowest BCUT2D eigenvalue weighted by molar-refractivity contribution is -0.142. The van der Waals surface area contributed by atoms with Crippen LogP contribution in [0.2, 0.25) is 0 Å². The number of fused-ring (bicyclic) bond motifs is 1. The molecule has 0 aromatic heterocycles. The van der Waals surface area contributed by atoms with Crippen molar-refractivity contribution in [2.45, 2.75) is 69.2 Å². The van der Waals surface area contributed by atoms with Gasteiger partial charge in [-0.25, -0.2) is 0 Å². The van der Waals surface area contributed by atoms with Crippen LogP contribution in [0.1, 0.15) is 52.7 Å². The summed E-state index contributed by atoms with van der Waals surface area (Å²) in [6, 6.07) is 21.9. The van der Waals surface area contributed by atoms with E-state index in [1.165, 1.54) is 24.1 Å². The lowest BCUT2D eigenvalue weighted by Gasteiger charge is -2.32. The Bertz CT molecular complexity index is 3060. The number of nitrogens with zero attached hydrogens (tertiary/aromatic N) is 5. The van der Waals surface area contributed by atoms with E-state index in [0.717, 1.165) is 16.3 Å². The second kappa shape index (κ2) is 34.2. The van der Waals surface area contributed by atoms with E-state index in [1.54, 1.807) is 56.0 Å². The quantitative estimate of drug-likeness (QED) is 0.0248. The number of hydrogen-bond donors (Lipinski definition) is 13. The third-order valence-corrected chi connectivity index (χ3v) is 15.2. The minimum atomic E-state index is -1.24. The molecule has 2 fully saturated rings. The van der Waals surface area contributed by atoms with E-state index in [0.29, 0.717) is 16.8 Å². The van der Waals surface area contributed by atoms with E-state index < -0.39 is 71.6 Å². The van der Waals surface area contributed by atoms with Crippen molar-refractivity contribution in [1.29, 1.82) is 5.41 Å². The largest absolute Gasteiger partial charge is 0.508 e. The second-order valence-electron chi connectivity index (χ2n) is 22.0. The number of carboxylic acids is 3. The Labute approximate surface area is 510 Å². The van der Waals surface area contributed by atoms with Gasteiger partial charge in [0.05, 0.1) is 38.8 Å². The number of carboxylic acid groups (broad SMARTS) is 3. The molecule has 2 saturated heterocycles. The summed E-state index contributed by atoms with van der Waals surface area (Å²) in [4.78, 5) is 128. The number of benzene rings is 4. The molecule has 2 aliphatic rings. The maximum absolute atomic E-state index is 14.7. The van der Waals surface area contributed by atoms with E-state index in [4.69, 9.17) is 11.1 Å². The van der Waals surface area contributed by atoms with Crippen LogP contribution < -0.4 is 43.0 Å². The molecule has 0 aliphatic carbocycles. The van der Waals surface area contributed by atoms with Crippen molar-refractivity contribution in [3.63, 3.8) is 0 Å². The Morgan fingerprint density at radius 1 is 0.602 bits per heavy atom. The molecule has 0 spiro atoms. The first-order chi connectivity index (χ1) is 42.1. The number of phenolic OH excluding ortho intramolecular Hbond substituents is 1. The Morgan fingerprint density at radius 2 is 1.11 bits per heavy atom. The molecule has 6 amide bonds. The minimum absolute atomic E-state index is 0.00591. The topological polar surface area (TPSA) is 385 Å². The molecule has 2 aliphatic heterocycles. The zero-order chi connectivity index (χ0) is 63.7. The summed E-state index contributed by atoms with van der Waals surface area (Å²) in [5.41, 5.74) is 8.24. The highest BCUT2D eigenvalue weighted by Crippen LogP contribution is 2.20. The van der Waals surface area contributed by atoms with Crippen LogP contribution in [0.4, 0.5) is 0 Å². The summed E-state index contributed by atoms with van der Waals surface area (Å²) < 4.78 is 0. The molecule has 474 valence electrons. The molecule has 4 aromatic carbocycles. The predicted octanol–water partition coefficient (Wildman–Crippen LogP) is -0.706. The van der Waals surface area contributed by atoms with Crippen molar-refractivity contribution in [1.82, 2.24) is 61.7 Å². The average molecular weight is 1220 g/mol. The van der Waals surface area contributed by atoms with Crippen molar-refractivity contribution in [3.05, 3.63) is 126 Å². The van der Waals surface area contributed by atoms with Gasteiger partial charge in [-0.2, -0.15) is 0 Å². The van der Waals surface area contributed by atoms with Crippen LogP contribution in [0.25, 0.3) is 10.8 Å². The van der Waals surface area contributed by atoms with Crippen molar-refractivity contribution in [3.8, 4) is 5.75 Å². The van der Waals surface area contributed by atoms with Gasteiger partial charge in [-0.3, -0.25) is 68.2 Å². The summed E-state index contributed by atoms with van der Waals surface area (Å²) in [5.74, 6) is -6.75. The third-order valence-electron chi connectivity index (χ3n) is 15.2. The summed E-state index contributed by atoms with van der Waals surface area (Å²) in [5, 5.41) is 68.5. The molecule has 4 atom stereocenters. The maximum atomic E-state index is 14.7. The number of nitrogens with one attached hydrogen (secondary N) is 8. The molecule has 27 heteroatoms. The zero-order valence-corrected chi connectivity index (χ0v) is 49.5. The molecule has 14 N–H and O–H groups in total. The van der Waals surface area contributed by atoms with Crippen molar-refractivity contribution in [2.24, 2.45) is 5.73 Å². The molecular formula is C61H82N14O13. The van der Waals surface area contributed by atoms with E-state index >= 15 is 0 Å². The average Bonchev–Trinajstić information content (AvgIpc) is 3.69. The number of likely N-dealkylation sites (N-methyl/N-ethyl adjacent to an activating group) is 1. The van der Waals surface area contributed by atoms with E-state index in [9.17, 15) is 63.6 Å². The van der Waals surface area contributed by atoms with Crippen LogP contribution in [-0.4, -0.2) is 234 Å². The molecule has 0 unspecified atom stereocenters. The van der Waals surface area contributed by atoms with Gasteiger partial charge in [-0.15, -0.1) is 0 Å². The third kappa shape index (κ3) is 22.9. The molecule has 27 nitrogen and oxygen atoms in total. The number of nitrogens with two attached hydrogens (primary N) is 1. The molecule has 0 saturated carbocycles. The fourth-order valence-electron chi connectivity index (χ4n) is 10.3. The number of carbonyl (C=O) groups excluding carboxylic acids is 6. The van der Waals surface area contributed by atoms with Gasteiger partial charge in [0.2, 0.25) is 29.5 Å². The lowest BCUT2D eigenvalue weighted by Crippen LogP contribution is -2.58. The van der Waals surface area contributed by atoms with Gasteiger partial charge in [0.25, 0.3) is 5.91 Å². The van der Waals surface area contributed by atoms with Gasteiger partial charge in [-0.05, 0) is 83.8 Å². The van der Waals surface area contributed by atoms with Gasteiger partial charge in [0.1, 0.15) is 23.9 Å². The Balaban J connectivity index is 1.13. The fraction of sp³-hybridized carbons (Fsp3) is 0.443. The molecule has 0 bridgehead atoms. The van der Waals surface area contributed by atoms with Crippen LogP contribution >= 0.6 is 0 Å². The molecular weight excluding hydrogens is 1140 g/mol. The highest BCUT2D eigenvalue weighted by molar-refractivity contribution is 5.95. The highest BCUT2D eigenvalue weighted by atomic mass is 16.4. The number of aromatic hydroxyl groups is 1. The number of carbonyl (C=O) groups is 9. The van der Waals surface area contributed by atoms with E-state index in [2.05, 4.69) is 43.8 Å². The van der Waals surface area contributed by atoms with Gasteiger partial charge < -0.3 is 68.3 Å². The first-order valence-electron chi connectivity index (χ1n) is 29.2. The van der Waals surface area contributed by atoms with Crippen LogP contribution in [0.3, 0.4) is 0 Å². The normalized spacial score (nSPS) is 19.5. The first-order valence-corrected chi connectivity index (χ1v) is 29.2. The zero-order valence-electron chi connectivity index (χ0n) is 49.5. The Hall–Kier alpha value is -9.18. The SMILES string of the molecule is C=C1NCC(=O)N[C@H](Cc2ccc(O)cc2)C(=O)N(C)[C@H](CCCNC(=O)c2ccc(CNC(=O)CN3CCN(CC(=O)O)CCN(CC(=O)O)CCN(CC(=O)O)CC3)cc2)C(=O)N[C@@H](CCCNC(=N)N)C(=O)N[C@H]1Cc1ccc2ccccc2c1. The van der Waals surface area contributed by atoms with E-state index in [-0.39, 0.29) is 166 Å². The van der Waals surface area contributed by atoms with Gasteiger partial charge in [-0.1, -0.05) is 73.3 Å². The number of phenols is 1. The summed E-state index contributed by atoms with van der Waals surface area (Å²) in [6.45, 7) is 5.19. The number of aliphatic carboxylic acids is 3. The predicted molar refractivity (Wildman–Crippen MR) is 327 cm³/mol. The van der Waals surface area contributed by atoms with Crippen molar-refractivity contribution in [2.75, 3.05) is 105 Å². The van der Waals surface area contributed by atoms with Crippen LogP contribution in [0, 0.1) is 5.41 Å². The summed E-state index contributed by atoms with van der Waals surface area (Å²) >= 11 is 0. The maximum Gasteiger partial charge on any atom is 0.317 e. The van der Waals surface area contributed by atoms with Crippen molar-refractivity contribution >= 4 is 70.1 Å². The fourth-order valence-corrected chi connectivity index (χ4v) is 10.3. The molecule has 88 heavy (non-hydrogen) atoms. The highest BCUT2D eigenvalue weighted by Gasteiger charge is 2.35. The Morgan fingerprint density at radius 3 is 1.69 bits per heavy atom. The van der Waals surface area contributed by atoms with Gasteiger partial charge in [0.15, 0.2) is 5.96 Å². The standard InChI is InChI=1S/C61H82N14O13/c1-40-49(33-43-13-16-44-7-3-4-8-46(44)31-43)70-58(86)48(9-5-22-65-61(62)63)69-59(87)51(71(2)60(88)50(68-52(77)35-66-40)32-41-14-19-47(76)20-15-41)10-6-21-64-57(85)45-17-11-42(12-18-45)34-67-53(78)36-72-23-25-73(37-54(79)80)27-29-75(39-56(83)84)30-28-74(26-24-72)38-55(81)82/h3-4,7-8,11-20,31,48-51,66,76H,1,5-6,9-10,21-30,32-39H2,2H3,(H,64,85)(H,67,78)(H,68,77)(H,69,87)(H,70,86)(H,79,80)(H,81,82)(H,83,84)(H4,62,63,65)/t48-,49-,50+,51+/m0/s1. The van der Waals surface area contributed by atoms with E-state index in [1.807, 2.05) is 42.5 Å². The van der Waals surface area contributed by atoms with Crippen molar-refractivity contribution < 1.29 is 63.6 Å². The molecule has 6 rings (SSSR count). The molecule has 2 heterocycles. The summed E-state index contributed by atoms with van der Waals surface area (Å²) in [6.07, 6.45) is 0.752. The lowest BCUT2D eigenvalue weighted by atomic mass is 9.99. The minimum Gasteiger partial charge on any atom is -0.508 e. The Kier molecular flexibility index (Phi) is 26.4. The van der Waals surface area contributed by atoms with Gasteiger partial charge in [0, 0.05) is 96.7 Å². The summed E-state index contributed by atoms with van der Waals surface area (Å²) in [7, 11) is 1.42. The molecule has 0 radical (unpaired) electrons. The monoisotopic (exact) mass is 1220 g/mol. The first kappa shape index (κ1) is 67.9. The van der Waals surface area contributed by atoms with Crippen LogP contribution in [0.5, 0.6) is 5.75 Å². The number of hydrogen-bond acceptors (Lipinski definition) is 16. The number of rotatable bonds is 23. The van der Waals surface area contributed by atoms with Gasteiger partial charge >= 0.3 is 17.9 Å². The smallest absolute Gasteiger partial charge is 0.317 e. The molecule has 4 aromatic rings. The van der Waals surface area contributed by atoms with Crippen LogP contribution in [-0.2, 0) is 57.7 Å². The number of guanidine groups is 1. The second-order valence-corrected chi connectivity index (χ2v) is 22.0. The van der Waals surface area contributed by atoms with Crippen LogP contribution in [0.15, 0.2) is 103 Å².